The second kappa shape index (κ2) is 10.8. The maximum absolute atomic E-state index is 13.0. The van der Waals surface area contributed by atoms with Gasteiger partial charge in [0, 0.05) is 24.6 Å². The van der Waals surface area contributed by atoms with E-state index in [1.807, 2.05) is 55.5 Å². The molecule has 1 amide bonds. The van der Waals surface area contributed by atoms with E-state index in [1.54, 1.807) is 13.8 Å². The number of carboxylic acids is 1. The number of aromatic nitrogens is 4. The van der Waals surface area contributed by atoms with Gasteiger partial charge in [-0.1, -0.05) is 69.3 Å². The first-order valence-electron chi connectivity index (χ1n) is 11.0. The van der Waals surface area contributed by atoms with Crippen molar-refractivity contribution in [2.75, 3.05) is 0 Å². The summed E-state index contributed by atoms with van der Waals surface area (Å²) in [7, 11) is 0. The van der Waals surface area contributed by atoms with Gasteiger partial charge in [-0.2, -0.15) is 5.21 Å². The van der Waals surface area contributed by atoms with Crippen LogP contribution in [0.3, 0.4) is 0 Å². The highest BCUT2D eigenvalue weighted by molar-refractivity contribution is 5.84. The molecule has 3 aromatic rings. The number of rotatable bonds is 10. The number of nitrogens with one attached hydrogen (secondary N) is 1. The summed E-state index contributed by atoms with van der Waals surface area (Å²) in [6.45, 7) is 5.70. The molecule has 0 fully saturated rings. The fourth-order valence-electron chi connectivity index (χ4n) is 3.80. The number of aromatic amines is 1. The Bertz CT molecular complexity index is 1070. The first-order valence-corrected chi connectivity index (χ1v) is 11.0. The Kier molecular flexibility index (Phi) is 7.89. The summed E-state index contributed by atoms with van der Waals surface area (Å²) in [5.41, 5.74) is 9.55. The standard InChI is InChI=1S/C24H30N6O3/c1-4-18(25)13-21(31)30(22(15(2)3)24(32)33)14-16-9-11-17(12-10-16)19-7-5-6-8-20(19)23-26-28-29-27-23/h5-12,15,18,22H,4,13-14,25H2,1-3H3,(H,32,33)(H,26,27,28,29)/t18?,22-/m0/s1. The molecule has 33 heavy (non-hydrogen) atoms. The van der Waals surface area contributed by atoms with E-state index in [0.29, 0.717) is 12.2 Å². The van der Waals surface area contributed by atoms with Gasteiger partial charge in [0.1, 0.15) is 6.04 Å². The molecule has 9 heteroatoms. The molecule has 3 rings (SSSR count). The number of carbonyl (C=O) groups is 2. The SMILES string of the molecule is CCC(N)CC(=O)N(Cc1ccc(-c2ccccc2-c2nn[nH]n2)cc1)[C@H](C(=O)O)C(C)C. The van der Waals surface area contributed by atoms with Gasteiger partial charge in [-0.15, -0.1) is 10.2 Å². The molecule has 4 N–H and O–H groups in total. The lowest BCUT2D eigenvalue weighted by molar-refractivity contribution is -0.153. The second-order valence-electron chi connectivity index (χ2n) is 8.40. The lowest BCUT2D eigenvalue weighted by atomic mass is 9.97. The largest absolute Gasteiger partial charge is 0.480 e. The van der Waals surface area contributed by atoms with Gasteiger partial charge in [0.2, 0.25) is 11.7 Å². The first kappa shape index (κ1) is 24.1. The molecule has 2 atom stereocenters. The second-order valence-corrected chi connectivity index (χ2v) is 8.40. The molecule has 0 aliphatic heterocycles. The van der Waals surface area contributed by atoms with Crippen molar-refractivity contribution < 1.29 is 14.7 Å². The number of carboxylic acid groups (broad SMARTS) is 1. The Morgan fingerprint density at radius 2 is 1.76 bits per heavy atom. The van der Waals surface area contributed by atoms with Gasteiger partial charge in [0.25, 0.3) is 0 Å². The van der Waals surface area contributed by atoms with Crippen molar-refractivity contribution in [2.24, 2.45) is 11.7 Å². The van der Waals surface area contributed by atoms with E-state index in [1.165, 1.54) is 4.90 Å². The van der Waals surface area contributed by atoms with Crippen molar-refractivity contribution in [1.82, 2.24) is 25.5 Å². The smallest absolute Gasteiger partial charge is 0.326 e. The van der Waals surface area contributed by atoms with Gasteiger partial charge in [-0.05, 0) is 34.2 Å². The number of carbonyl (C=O) groups excluding carboxylic acids is 1. The van der Waals surface area contributed by atoms with Crippen molar-refractivity contribution in [3.8, 4) is 22.5 Å². The maximum atomic E-state index is 13.0. The Labute approximate surface area is 193 Å². The number of nitrogens with zero attached hydrogens (tertiary/aromatic N) is 4. The number of H-pyrrole nitrogens is 1. The van der Waals surface area contributed by atoms with Crippen LogP contribution >= 0.6 is 0 Å². The molecule has 174 valence electrons. The average molecular weight is 451 g/mol. The summed E-state index contributed by atoms with van der Waals surface area (Å²) in [6, 6.07) is 14.2. The molecular formula is C24H30N6O3. The van der Waals surface area contributed by atoms with Crippen LogP contribution < -0.4 is 5.73 Å². The zero-order valence-electron chi connectivity index (χ0n) is 19.1. The van der Waals surface area contributed by atoms with Gasteiger partial charge in [0.05, 0.1) is 0 Å². The molecule has 1 unspecified atom stereocenters. The van der Waals surface area contributed by atoms with Gasteiger partial charge < -0.3 is 15.7 Å². The minimum atomic E-state index is -1.02. The van der Waals surface area contributed by atoms with E-state index in [4.69, 9.17) is 5.73 Å². The summed E-state index contributed by atoms with van der Waals surface area (Å²) in [6.07, 6.45) is 0.761. The molecule has 0 radical (unpaired) electrons. The number of nitrogens with two attached hydrogens (primary N) is 1. The third kappa shape index (κ3) is 5.81. The molecule has 0 aliphatic rings. The molecule has 0 saturated carbocycles. The summed E-state index contributed by atoms with van der Waals surface area (Å²) >= 11 is 0. The number of hydrogen-bond donors (Lipinski definition) is 3. The zero-order valence-corrected chi connectivity index (χ0v) is 19.1. The van der Waals surface area contributed by atoms with Crippen LogP contribution in [0.15, 0.2) is 48.5 Å². The highest BCUT2D eigenvalue weighted by Gasteiger charge is 2.32. The zero-order chi connectivity index (χ0) is 24.0. The lowest BCUT2D eigenvalue weighted by Gasteiger charge is -2.32. The summed E-state index contributed by atoms with van der Waals surface area (Å²) in [4.78, 5) is 26.4. The van der Waals surface area contributed by atoms with E-state index < -0.39 is 12.0 Å². The maximum Gasteiger partial charge on any atom is 0.326 e. The summed E-state index contributed by atoms with van der Waals surface area (Å²) < 4.78 is 0. The highest BCUT2D eigenvalue weighted by Crippen LogP contribution is 2.30. The number of amides is 1. The minimum Gasteiger partial charge on any atom is -0.480 e. The van der Waals surface area contributed by atoms with Crippen LogP contribution in [0.2, 0.25) is 0 Å². The molecule has 1 aromatic heterocycles. The highest BCUT2D eigenvalue weighted by atomic mass is 16.4. The predicted octanol–water partition coefficient (Wildman–Crippen LogP) is 3.10. The summed E-state index contributed by atoms with van der Waals surface area (Å²) in [5.74, 6) is -1.02. The van der Waals surface area contributed by atoms with Gasteiger partial charge in [0.15, 0.2) is 0 Å². The first-order chi connectivity index (χ1) is 15.8. The monoisotopic (exact) mass is 450 g/mol. The Morgan fingerprint density at radius 3 is 2.30 bits per heavy atom. The third-order valence-corrected chi connectivity index (χ3v) is 5.63. The third-order valence-electron chi connectivity index (χ3n) is 5.63. The van der Waals surface area contributed by atoms with E-state index in [0.717, 1.165) is 22.3 Å². The van der Waals surface area contributed by atoms with Crippen molar-refractivity contribution in [3.05, 3.63) is 54.1 Å². The quantitative estimate of drug-likeness (QED) is 0.431. The van der Waals surface area contributed by atoms with Crippen LogP contribution in [0, 0.1) is 5.92 Å². The fraction of sp³-hybridized carbons (Fsp3) is 0.375. The molecule has 1 heterocycles. The van der Waals surface area contributed by atoms with Crippen LogP contribution in [0.5, 0.6) is 0 Å². The van der Waals surface area contributed by atoms with Crippen molar-refractivity contribution in [2.45, 2.75) is 52.2 Å². The van der Waals surface area contributed by atoms with Crippen LogP contribution in [0.1, 0.15) is 39.2 Å². The van der Waals surface area contributed by atoms with E-state index in [9.17, 15) is 14.7 Å². The Morgan fingerprint density at radius 1 is 1.09 bits per heavy atom. The van der Waals surface area contributed by atoms with Crippen molar-refractivity contribution in [1.29, 1.82) is 0 Å². The molecule has 0 saturated heterocycles. The molecule has 0 bridgehead atoms. The number of benzene rings is 2. The molecule has 0 spiro atoms. The van der Waals surface area contributed by atoms with E-state index in [-0.39, 0.29) is 30.8 Å². The normalized spacial score (nSPS) is 13.0. The topological polar surface area (TPSA) is 138 Å². The number of tetrazole rings is 1. The van der Waals surface area contributed by atoms with Crippen molar-refractivity contribution in [3.63, 3.8) is 0 Å². The van der Waals surface area contributed by atoms with Gasteiger partial charge in [-0.3, -0.25) is 4.79 Å². The minimum absolute atomic E-state index is 0.114. The molecule has 2 aromatic carbocycles. The van der Waals surface area contributed by atoms with Crippen LogP contribution in [0.4, 0.5) is 0 Å². The Hall–Kier alpha value is -3.59. The van der Waals surface area contributed by atoms with E-state index in [2.05, 4.69) is 20.6 Å². The Balaban J connectivity index is 1.88. The van der Waals surface area contributed by atoms with Gasteiger partial charge in [-0.25, -0.2) is 4.79 Å². The molecule has 9 nitrogen and oxygen atoms in total. The van der Waals surface area contributed by atoms with Crippen LogP contribution in [0.25, 0.3) is 22.5 Å². The summed E-state index contributed by atoms with van der Waals surface area (Å²) in [5, 5.41) is 24.1. The lowest BCUT2D eigenvalue weighted by Crippen LogP contribution is -2.48. The number of hydrogen-bond acceptors (Lipinski definition) is 6. The fourth-order valence-corrected chi connectivity index (χ4v) is 3.80. The predicted molar refractivity (Wildman–Crippen MR) is 125 cm³/mol. The van der Waals surface area contributed by atoms with E-state index >= 15 is 0 Å². The number of aliphatic carboxylic acids is 1. The van der Waals surface area contributed by atoms with Gasteiger partial charge >= 0.3 is 5.97 Å². The molecule has 0 aliphatic carbocycles. The van der Waals surface area contributed by atoms with Crippen LogP contribution in [-0.2, 0) is 16.1 Å². The average Bonchev–Trinajstić information content (AvgIpc) is 3.33. The molecular weight excluding hydrogens is 420 g/mol. The van der Waals surface area contributed by atoms with Crippen LogP contribution in [-0.4, -0.2) is 54.6 Å². The van der Waals surface area contributed by atoms with Crippen molar-refractivity contribution >= 4 is 11.9 Å².